The first kappa shape index (κ1) is 12.1. The third-order valence-corrected chi connectivity index (χ3v) is 3.56. The van der Waals surface area contributed by atoms with Crippen LogP contribution in [0.25, 0.3) is 0 Å². The van der Waals surface area contributed by atoms with Crippen LogP contribution in [0.4, 0.5) is 5.95 Å². The summed E-state index contributed by atoms with van der Waals surface area (Å²) in [5.74, 6) is 1.54. The van der Waals surface area contributed by atoms with Crippen molar-refractivity contribution in [2.45, 2.75) is 31.7 Å². The lowest BCUT2D eigenvalue weighted by Crippen LogP contribution is -2.40. The van der Waals surface area contributed by atoms with Crippen LogP contribution in [0.15, 0.2) is 16.9 Å². The molecule has 16 heavy (non-hydrogen) atoms. The molecule has 1 atom stereocenters. The maximum atomic E-state index is 5.84. The first-order valence-corrected chi connectivity index (χ1v) is 6.94. The molecule has 0 N–H and O–H groups in total. The lowest BCUT2D eigenvalue weighted by Gasteiger charge is -2.35. The van der Waals surface area contributed by atoms with E-state index in [0.29, 0.717) is 11.9 Å². The van der Waals surface area contributed by atoms with Crippen LogP contribution in [0.2, 0.25) is 0 Å². The summed E-state index contributed by atoms with van der Waals surface area (Å²) in [5, 5.41) is 0. The van der Waals surface area contributed by atoms with Crippen molar-refractivity contribution in [3.05, 3.63) is 16.9 Å². The maximum absolute atomic E-state index is 5.84. The van der Waals surface area contributed by atoms with Gasteiger partial charge in [-0.25, -0.2) is 9.97 Å². The fourth-order valence-electron chi connectivity index (χ4n) is 2.14. The van der Waals surface area contributed by atoms with E-state index >= 15 is 0 Å². The van der Waals surface area contributed by atoms with Gasteiger partial charge in [-0.05, 0) is 41.6 Å². The van der Waals surface area contributed by atoms with Crippen LogP contribution in [0.5, 0.6) is 0 Å². The minimum atomic E-state index is 0.507. The second kappa shape index (κ2) is 5.82. The summed E-state index contributed by atoms with van der Waals surface area (Å²) >= 11 is 9.19. The smallest absolute Gasteiger partial charge is 0.225 e. The fourth-order valence-corrected chi connectivity index (χ4v) is 2.60. The second-order valence-electron chi connectivity index (χ2n) is 4.02. The van der Waals surface area contributed by atoms with Crippen LogP contribution in [0.1, 0.15) is 25.7 Å². The number of hydrogen-bond acceptors (Lipinski definition) is 3. The monoisotopic (exact) mass is 303 g/mol. The molecule has 1 aliphatic heterocycles. The largest absolute Gasteiger partial charge is 0.338 e. The second-order valence-corrected chi connectivity index (χ2v) is 5.32. The van der Waals surface area contributed by atoms with E-state index in [1.807, 2.05) is 0 Å². The predicted molar refractivity (Wildman–Crippen MR) is 70.1 cm³/mol. The first-order valence-electron chi connectivity index (χ1n) is 5.61. The number of nitrogens with zero attached hydrogens (tertiary/aromatic N) is 3. The van der Waals surface area contributed by atoms with E-state index in [-0.39, 0.29) is 0 Å². The van der Waals surface area contributed by atoms with Crippen LogP contribution in [-0.2, 0) is 0 Å². The molecule has 0 aromatic carbocycles. The van der Waals surface area contributed by atoms with Gasteiger partial charge in [-0.2, -0.15) is 0 Å². The molecule has 5 heteroatoms. The summed E-state index contributed by atoms with van der Waals surface area (Å²) in [6, 6.07) is 0.507. The van der Waals surface area contributed by atoms with Crippen molar-refractivity contribution < 1.29 is 0 Å². The minimum absolute atomic E-state index is 0.507. The quantitative estimate of drug-likeness (QED) is 0.803. The van der Waals surface area contributed by atoms with Gasteiger partial charge in [0.15, 0.2) is 0 Å². The molecule has 0 spiro atoms. The van der Waals surface area contributed by atoms with Crippen LogP contribution in [-0.4, -0.2) is 28.4 Å². The Morgan fingerprint density at radius 3 is 2.81 bits per heavy atom. The van der Waals surface area contributed by atoms with Crippen molar-refractivity contribution in [3.8, 4) is 0 Å². The van der Waals surface area contributed by atoms with E-state index in [1.54, 1.807) is 12.4 Å². The highest BCUT2D eigenvalue weighted by atomic mass is 79.9. The zero-order chi connectivity index (χ0) is 11.4. The van der Waals surface area contributed by atoms with E-state index in [1.165, 1.54) is 19.3 Å². The van der Waals surface area contributed by atoms with E-state index in [9.17, 15) is 0 Å². The first-order chi connectivity index (χ1) is 7.81. The van der Waals surface area contributed by atoms with E-state index in [4.69, 9.17) is 11.6 Å². The number of anilines is 1. The van der Waals surface area contributed by atoms with Gasteiger partial charge in [-0.15, -0.1) is 11.6 Å². The van der Waals surface area contributed by atoms with Gasteiger partial charge in [-0.3, -0.25) is 0 Å². The predicted octanol–water partition coefficient (Wildman–Crippen LogP) is 3.23. The molecule has 0 radical (unpaired) electrons. The summed E-state index contributed by atoms with van der Waals surface area (Å²) in [5.41, 5.74) is 0. The molecule has 0 bridgehead atoms. The van der Waals surface area contributed by atoms with Gasteiger partial charge in [-0.1, -0.05) is 0 Å². The molecule has 1 aromatic heterocycles. The van der Waals surface area contributed by atoms with E-state index < -0.39 is 0 Å². The Kier molecular flexibility index (Phi) is 4.41. The Hall–Kier alpha value is -0.350. The molecule has 0 amide bonds. The van der Waals surface area contributed by atoms with Crippen molar-refractivity contribution in [1.82, 2.24) is 9.97 Å². The molecule has 3 nitrogen and oxygen atoms in total. The Bertz CT molecular complexity index is 329. The third-order valence-electron chi connectivity index (χ3n) is 2.93. The van der Waals surface area contributed by atoms with Gasteiger partial charge in [0.2, 0.25) is 5.95 Å². The van der Waals surface area contributed by atoms with Crippen molar-refractivity contribution in [1.29, 1.82) is 0 Å². The summed E-state index contributed by atoms with van der Waals surface area (Å²) in [6.07, 6.45) is 8.32. The highest BCUT2D eigenvalue weighted by molar-refractivity contribution is 9.10. The minimum Gasteiger partial charge on any atom is -0.338 e. The summed E-state index contributed by atoms with van der Waals surface area (Å²) in [6.45, 7) is 1.04. The lowest BCUT2D eigenvalue weighted by molar-refractivity contribution is 0.444. The number of piperidine rings is 1. The molecule has 1 aliphatic rings. The van der Waals surface area contributed by atoms with Gasteiger partial charge in [0.25, 0.3) is 0 Å². The van der Waals surface area contributed by atoms with Gasteiger partial charge in [0.05, 0.1) is 4.47 Å². The van der Waals surface area contributed by atoms with E-state index in [0.717, 1.165) is 23.4 Å². The number of rotatable bonds is 3. The van der Waals surface area contributed by atoms with Crippen LogP contribution in [0.3, 0.4) is 0 Å². The molecule has 2 heterocycles. The Balaban J connectivity index is 2.13. The molecule has 1 aromatic rings. The molecule has 1 unspecified atom stereocenters. The van der Waals surface area contributed by atoms with Gasteiger partial charge in [0.1, 0.15) is 0 Å². The zero-order valence-electron chi connectivity index (χ0n) is 9.07. The van der Waals surface area contributed by atoms with Crippen molar-refractivity contribution in [3.63, 3.8) is 0 Å². The molecule has 0 aliphatic carbocycles. The molecule has 2 rings (SSSR count). The van der Waals surface area contributed by atoms with E-state index in [2.05, 4.69) is 30.8 Å². The lowest BCUT2D eigenvalue weighted by atomic mass is 10.0. The average molecular weight is 305 g/mol. The fraction of sp³-hybridized carbons (Fsp3) is 0.636. The summed E-state index contributed by atoms with van der Waals surface area (Å²) in [7, 11) is 0. The Morgan fingerprint density at radius 1 is 1.38 bits per heavy atom. The SMILES string of the molecule is ClCCC1CCCCN1c1ncc(Br)cn1. The Morgan fingerprint density at radius 2 is 2.12 bits per heavy atom. The summed E-state index contributed by atoms with van der Waals surface area (Å²) < 4.78 is 0.919. The molecule has 1 fully saturated rings. The molecule has 88 valence electrons. The van der Waals surface area contributed by atoms with Crippen molar-refractivity contribution >= 4 is 33.5 Å². The standard InChI is InChI=1S/C11H15BrClN3/c12-9-7-14-11(15-8-9)16-6-2-1-3-10(16)4-5-13/h7-8,10H,1-6H2. The average Bonchev–Trinajstić information content (AvgIpc) is 2.32. The van der Waals surface area contributed by atoms with Crippen LogP contribution >= 0.6 is 27.5 Å². The molecule has 1 saturated heterocycles. The Labute approximate surface area is 109 Å². The maximum Gasteiger partial charge on any atom is 0.225 e. The van der Waals surface area contributed by atoms with Crippen LogP contribution < -0.4 is 4.90 Å². The number of hydrogen-bond donors (Lipinski definition) is 0. The van der Waals surface area contributed by atoms with Crippen LogP contribution in [0, 0.1) is 0 Å². The number of alkyl halides is 1. The van der Waals surface area contributed by atoms with Gasteiger partial charge < -0.3 is 4.90 Å². The molecular formula is C11H15BrClN3. The molecular weight excluding hydrogens is 289 g/mol. The van der Waals surface area contributed by atoms with Gasteiger partial charge >= 0.3 is 0 Å². The number of halogens is 2. The zero-order valence-corrected chi connectivity index (χ0v) is 11.4. The van der Waals surface area contributed by atoms with Gasteiger partial charge in [0, 0.05) is 30.9 Å². The van der Waals surface area contributed by atoms with Crippen molar-refractivity contribution in [2.75, 3.05) is 17.3 Å². The normalized spacial score (nSPS) is 21.1. The molecule has 0 saturated carbocycles. The topological polar surface area (TPSA) is 29.0 Å². The van der Waals surface area contributed by atoms with Crippen molar-refractivity contribution in [2.24, 2.45) is 0 Å². The highest BCUT2D eigenvalue weighted by Crippen LogP contribution is 2.24. The third kappa shape index (κ3) is 2.86. The highest BCUT2D eigenvalue weighted by Gasteiger charge is 2.23. The summed E-state index contributed by atoms with van der Waals surface area (Å²) in [4.78, 5) is 11.0. The number of aromatic nitrogens is 2.